The Bertz CT molecular complexity index is 517. The molecule has 88 valence electrons. The fourth-order valence-electron chi connectivity index (χ4n) is 1.42. The molecular weight excluding hydrogens is 220 g/mol. The monoisotopic (exact) mass is 232 g/mol. The zero-order valence-corrected chi connectivity index (χ0v) is 9.64. The highest BCUT2D eigenvalue weighted by molar-refractivity contribution is 5.72. The van der Waals surface area contributed by atoms with Crippen LogP contribution in [-0.4, -0.2) is 23.3 Å². The second kappa shape index (κ2) is 4.78. The van der Waals surface area contributed by atoms with Gasteiger partial charge in [-0.15, -0.1) is 10.2 Å². The summed E-state index contributed by atoms with van der Waals surface area (Å²) in [6.45, 7) is 1.74. The fraction of sp³-hybridized carbons (Fsp3) is 0.250. The highest BCUT2D eigenvalue weighted by atomic mass is 16.5. The van der Waals surface area contributed by atoms with Crippen molar-refractivity contribution in [1.29, 1.82) is 0 Å². The summed E-state index contributed by atoms with van der Waals surface area (Å²) in [5.41, 5.74) is 1.72. The molecule has 1 heterocycles. The second-order valence-electron chi connectivity index (χ2n) is 3.58. The molecule has 0 aliphatic heterocycles. The number of nitrogens with zero attached hydrogens (tertiary/aromatic N) is 2. The molecule has 2 rings (SSSR count). The molecule has 0 bridgehead atoms. The molecule has 0 aliphatic rings. The lowest BCUT2D eigenvalue weighted by Gasteiger charge is -2.00. The maximum absolute atomic E-state index is 11.1. The predicted octanol–water partition coefficient (Wildman–Crippen LogP) is 1.76. The van der Waals surface area contributed by atoms with Crippen molar-refractivity contribution in [3.63, 3.8) is 0 Å². The van der Waals surface area contributed by atoms with Crippen LogP contribution in [0.25, 0.3) is 11.5 Å². The molecule has 5 nitrogen and oxygen atoms in total. The molecular formula is C12H12N2O3. The Balaban J connectivity index is 2.15. The van der Waals surface area contributed by atoms with E-state index >= 15 is 0 Å². The van der Waals surface area contributed by atoms with Crippen LogP contribution in [-0.2, 0) is 16.0 Å². The van der Waals surface area contributed by atoms with E-state index in [0.29, 0.717) is 11.8 Å². The van der Waals surface area contributed by atoms with Gasteiger partial charge in [-0.1, -0.05) is 12.1 Å². The van der Waals surface area contributed by atoms with Crippen LogP contribution < -0.4 is 0 Å². The number of aromatic nitrogens is 2. The van der Waals surface area contributed by atoms with E-state index < -0.39 is 0 Å². The fourth-order valence-corrected chi connectivity index (χ4v) is 1.42. The zero-order chi connectivity index (χ0) is 12.3. The van der Waals surface area contributed by atoms with Crippen molar-refractivity contribution < 1.29 is 13.9 Å². The summed E-state index contributed by atoms with van der Waals surface area (Å²) in [6.07, 6.45) is 0.264. The van der Waals surface area contributed by atoms with Gasteiger partial charge in [0.25, 0.3) is 0 Å². The molecule has 1 aromatic heterocycles. The van der Waals surface area contributed by atoms with E-state index in [1.54, 1.807) is 6.92 Å². The molecule has 0 N–H and O–H groups in total. The summed E-state index contributed by atoms with van der Waals surface area (Å²) < 4.78 is 9.89. The number of benzene rings is 1. The summed E-state index contributed by atoms with van der Waals surface area (Å²) in [5, 5.41) is 7.67. The first kappa shape index (κ1) is 11.3. The van der Waals surface area contributed by atoms with Crippen LogP contribution in [0.2, 0.25) is 0 Å². The van der Waals surface area contributed by atoms with Crippen LogP contribution in [0.3, 0.4) is 0 Å². The van der Waals surface area contributed by atoms with Gasteiger partial charge in [0.2, 0.25) is 11.8 Å². The van der Waals surface area contributed by atoms with Gasteiger partial charge in [0.05, 0.1) is 13.5 Å². The van der Waals surface area contributed by atoms with Gasteiger partial charge in [-0.05, 0) is 17.7 Å². The molecule has 0 unspecified atom stereocenters. The number of aryl methyl sites for hydroxylation is 1. The van der Waals surface area contributed by atoms with Crippen LogP contribution in [0.5, 0.6) is 0 Å². The predicted molar refractivity (Wildman–Crippen MR) is 60.2 cm³/mol. The molecule has 0 radical (unpaired) electrons. The van der Waals surface area contributed by atoms with E-state index in [-0.39, 0.29) is 12.4 Å². The number of methoxy groups -OCH3 is 1. The Labute approximate surface area is 98.4 Å². The minimum atomic E-state index is -0.258. The number of ether oxygens (including phenoxy) is 1. The second-order valence-corrected chi connectivity index (χ2v) is 3.58. The average molecular weight is 232 g/mol. The number of rotatable bonds is 3. The quantitative estimate of drug-likeness (QED) is 0.754. The SMILES string of the molecule is COC(=O)Cc1ccc(-c2nnc(C)o2)cc1. The molecule has 0 spiro atoms. The molecule has 17 heavy (non-hydrogen) atoms. The third-order valence-corrected chi connectivity index (χ3v) is 2.30. The van der Waals surface area contributed by atoms with Gasteiger partial charge >= 0.3 is 5.97 Å². The zero-order valence-electron chi connectivity index (χ0n) is 9.64. The van der Waals surface area contributed by atoms with Gasteiger partial charge in [0.15, 0.2) is 0 Å². The molecule has 0 saturated carbocycles. The van der Waals surface area contributed by atoms with Crippen LogP contribution in [0, 0.1) is 6.92 Å². The summed E-state index contributed by atoms with van der Waals surface area (Å²) >= 11 is 0. The Morgan fingerprint density at radius 1 is 1.29 bits per heavy atom. The maximum atomic E-state index is 11.1. The third-order valence-electron chi connectivity index (χ3n) is 2.30. The van der Waals surface area contributed by atoms with E-state index in [1.807, 2.05) is 24.3 Å². The minimum absolute atomic E-state index is 0.258. The number of hydrogen-bond acceptors (Lipinski definition) is 5. The molecule has 1 aromatic carbocycles. The Morgan fingerprint density at radius 3 is 2.53 bits per heavy atom. The minimum Gasteiger partial charge on any atom is -0.469 e. The molecule has 0 aliphatic carbocycles. The van der Waals surface area contributed by atoms with Gasteiger partial charge < -0.3 is 9.15 Å². The lowest BCUT2D eigenvalue weighted by atomic mass is 10.1. The number of esters is 1. The van der Waals surface area contributed by atoms with Gasteiger partial charge in [0.1, 0.15) is 0 Å². The Morgan fingerprint density at radius 2 is 2.00 bits per heavy atom. The highest BCUT2D eigenvalue weighted by Crippen LogP contribution is 2.18. The van der Waals surface area contributed by atoms with Gasteiger partial charge in [-0.25, -0.2) is 0 Å². The standard InChI is InChI=1S/C12H12N2O3/c1-8-13-14-12(17-8)10-5-3-9(4-6-10)7-11(15)16-2/h3-6H,7H2,1-2H3. The van der Waals surface area contributed by atoms with Crippen molar-refractivity contribution in [3.05, 3.63) is 35.7 Å². The van der Waals surface area contributed by atoms with E-state index in [2.05, 4.69) is 14.9 Å². The normalized spacial score (nSPS) is 10.2. The van der Waals surface area contributed by atoms with E-state index in [4.69, 9.17) is 4.42 Å². The van der Waals surface area contributed by atoms with Crippen molar-refractivity contribution in [2.75, 3.05) is 7.11 Å². The molecule has 0 amide bonds. The van der Waals surface area contributed by atoms with Crippen molar-refractivity contribution in [3.8, 4) is 11.5 Å². The van der Waals surface area contributed by atoms with Gasteiger partial charge in [-0.3, -0.25) is 4.79 Å². The first-order chi connectivity index (χ1) is 8.19. The average Bonchev–Trinajstić information content (AvgIpc) is 2.77. The summed E-state index contributed by atoms with van der Waals surface area (Å²) in [6, 6.07) is 7.36. The van der Waals surface area contributed by atoms with Crippen LogP contribution in [0.15, 0.2) is 28.7 Å². The van der Waals surface area contributed by atoms with Crippen molar-refractivity contribution in [2.24, 2.45) is 0 Å². The topological polar surface area (TPSA) is 65.2 Å². The van der Waals surface area contributed by atoms with E-state index in [0.717, 1.165) is 11.1 Å². The van der Waals surface area contributed by atoms with Crippen molar-refractivity contribution in [1.82, 2.24) is 10.2 Å². The number of carbonyl (C=O) groups excluding carboxylic acids is 1. The van der Waals surface area contributed by atoms with E-state index in [9.17, 15) is 4.79 Å². The molecule has 5 heteroatoms. The molecule has 0 saturated heterocycles. The molecule has 0 atom stereocenters. The van der Waals surface area contributed by atoms with Crippen molar-refractivity contribution >= 4 is 5.97 Å². The summed E-state index contributed by atoms with van der Waals surface area (Å²) in [5.74, 6) is 0.747. The summed E-state index contributed by atoms with van der Waals surface area (Å²) in [7, 11) is 1.37. The first-order valence-electron chi connectivity index (χ1n) is 5.15. The van der Waals surface area contributed by atoms with Crippen LogP contribution in [0.1, 0.15) is 11.5 Å². The lowest BCUT2D eigenvalue weighted by Crippen LogP contribution is -2.04. The van der Waals surface area contributed by atoms with Crippen LogP contribution in [0.4, 0.5) is 0 Å². The maximum Gasteiger partial charge on any atom is 0.309 e. The smallest absolute Gasteiger partial charge is 0.309 e. The highest BCUT2D eigenvalue weighted by Gasteiger charge is 2.07. The number of hydrogen-bond donors (Lipinski definition) is 0. The van der Waals surface area contributed by atoms with Gasteiger partial charge in [-0.2, -0.15) is 0 Å². The lowest BCUT2D eigenvalue weighted by molar-refractivity contribution is -0.139. The first-order valence-corrected chi connectivity index (χ1v) is 5.15. The molecule has 0 fully saturated rings. The van der Waals surface area contributed by atoms with Crippen molar-refractivity contribution in [2.45, 2.75) is 13.3 Å². The Kier molecular flexibility index (Phi) is 3.18. The van der Waals surface area contributed by atoms with Crippen LogP contribution >= 0.6 is 0 Å². The molecule has 2 aromatic rings. The Hall–Kier alpha value is -2.17. The summed E-state index contributed by atoms with van der Waals surface area (Å²) in [4.78, 5) is 11.1. The largest absolute Gasteiger partial charge is 0.469 e. The van der Waals surface area contributed by atoms with E-state index in [1.165, 1.54) is 7.11 Å². The third kappa shape index (κ3) is 2.69. The number of carbonyl (C=O) groups is 1. The van der Waals surface area contributed by atoms with Gasteiger partial charge in [0, 0.05) is 12.5 Å².